The molecule has 2 amide bonds. The van der Waals surface area contributed by atoms with Crippen molar-refractivity contribution in [2.24, 2.45) is 5.41 Å². The van der Waals surface area contributed by atoms with Gasteiger partial charge >= 0.3 is 6.09 Å². The maximum Gasteiger partial charge on any atom is 0.410 e. The number of hydrogen-bond acceptors (Lipinski definition) is 5. The standard InChI is InChI=1S/C26H43N5O3/c1-8-25(9-2)18-26(28-22(25)32)12-10-19(11-13-26)21-20(16-27-29-21)17-30(6)14-15-31(7)23(33)34-24(3,4)5/h10,16H,8-9,11-15,17-18H2,1-7H3,(H,27,29)(H,28,32). The summed E-state index contributed by atoms with van der Waals surface area (Å²) in [6.45, 7) is 11.9. The summed E-state index contributed by atoms with van der Waals surface area (Å²) in [5, 5.41) is 11.0. The topological polar surface area (TPSA) is 90.6 Å². The first-order valence-electron chi connectivity index (χ1n) is 12.6. The first-order chi connectivity index (χ1) is 15.9. The highest BCUT2D eigenvalue weighted by Crippen LogP contribution is 2.48. The van der Waals surface area contributed by atoms with Gasteiger partial charge in [0, 0.05) is 44.0 Å². The van der Waals surface area contributed by atoms with Gasteiger partial charge in [-0.15, -0.1) is 0 Å². The van der Waals surface area contributed by atoms with E-state index in [1.807, 2.05) is 34.0 Å². The smallest absolute Gasteiger partial charge is 0.410 e. The molecule has 190 valence electrons. The van der Waals surface area contributed by atoms with Gasteiger partial charge in [0.05, 0.1) is 11.1 Å². The maximum absolute atomic E-state index is 12.8. The summed E-state index contributed by atoms with van der Waals surface area (Å²) >= 11 is 0. The van der Waals surface area contributed by atoms with Crippen molar-refractivity contribution in [1.82, 2.24) is 25.3 Å². The SMILES string of the molecule is CCC1(CC)CC2(CC=C(c3n[nH]cc3CN(C)CCN(C)C(=O)OC(C)(C)C)CC2)NC1=O. The number of carbonyl (C=O) groups excluding carboxylic acids is 2. The second-order valence-electron chi connectivity index (χ2n) is 11.2. The summed E-state index contributed by atoms with van der Waals surface area (Å²) in [4.78, 5) is 28.7. The van der Waals surface area contributed by atoms with Crippen LogP contribution in [0.2, 0.25) is 0 Å². The zero-order valence-electron chi connectivity index (χ0n) is 22.1. The van der Waals surface area contributed by atoms with Gasteiger partial charge in [0.15, 0.2) is 0 Å². The van der Waals surface area contributed by atoms with Crippen LogP contribution in [0.5, 0.6) is 0 Å². The van der Waals surface area contributed by atoms with E-state index in [-0.39, 0.29) is 23.0 Å². The molecule has 34 heavy (non-hydrogen) atoms. The number of allylic oxidation sites excluding steroid dienone is 1. The molecular formula is C26H43N5O3. The molecule has 2 heterocycles. The number of rotatable bonds is 8. The van der Waals surface area contributed by atoms with Crippen molar-refractivity contribution < 1.29 is 14.3 Å². The van der Waals surface area contributed by atoms with Crippen LogP contribution in [0.15, 0.2) is 12.3 Å². The Labute approximate surface area is 204 Å². The lowest BCUT2D eigenvalue weighted by Gasteiger charge is -2.34. The molecular weight excluding hydrogens is 430 g/mol. The van der Waals surface area contributed by atoms with E-state index in [4.69, 9.17) is 4.74 Å². The van der Waals surface area contributed by atoms with Crippen LogP contribution in [0.4, 0.5) is 4.79 Å². The van der Waals surface area contributed by atoms with Gasteiger partial charge in [-0.1, -0.05) is 19.9 Å². The van der Waals surface area contributed by atoms with Crippen LogP contribution in [0.1, 0.15) is 84.4 Å². The zero-order valence-corrected chi connectivity index (χ0v) is 22.1. The minimum Gasteiger partial charge on any atom is -0.444 e. The van der Waals surface area contributed by atoms with E-state index in [2.05, 4.69) is 40.3 Å². The molecule has 1 saturated heterocycles. The number of aromatic amines is 1. The molecule has 0 radical (unpaired) electrons. The first-order valence-corrected chi connectivity index (χ1v) is 12.6. The van der Waals surface area contributed by atoms with Crippen molar-refractivity contribution in [3.8, 4) is 0 Å². The first kappa shape index (κ1) is 26.3. The Bertz CT molecular complexity index is 912. The molecule has 2 N–H and O–H groups in total. The van der Waals surface area contributed by atoms with Crippen molar-refractivity contribution >= 4 is 17.6 Å². The van der Waals surface area contributed by atoms with Gasteiger partial charge in [0.2, 0.25) is 5.91 Å². The Morgan fingerprint density at radius 2 is 1.91 bits per heavy atom. The molecule has 1 spiro atoms. The summed E-state index contributed by atoms with van der Waals surface area (Å²) in [5.41, 5.74) is 2.61. The second kappa shape index (κ2) is 10.1. The largest absolute Gasteiger partial charge is 0.444 e. The van der Waals surface area contributed by atoms with E-state index in [9.17, 15) is 9.59 Å². The molecule has 8 heteroatoms. The van der Waals surface area contributed by atoms with Gasteiger partial charge in [-0.3, -0.25) is 9.89 Å². The number of ether oxygens (including phenoxy) is 1. The predicted molar refractivity (Wildman–Crippen MR) is 134 cm³/mol. The fourth-order valence-corrected chi connectivity index (χ4v) is 5.19. The van der Waals surface area contributed by atoms with E-state index >= 15 is 0 Å². The van der Waals surface area contributed by atoms with Gasteiger partial charge in [-0.05, 0) is 71.9 Å². The number of aromatic nitrogens is 2. The summed E-state index contributed by atoms with van der Waals surface area (Å²) in [6, 6.07) is 0. The minimum absolute atomic E-state index is 0.105. The molecule has 0 aromatic carbocycles. The van der Waals surface area contributed by atoms with Crippen LogP contribution in [-0.2, 0) is 16.1 Å². The lowest BCUT2D eigenvalue weighted by atomic mass is 9.71. The van der Waals surface area contributed by atoms with Crippen molar-refractivity contribution in [2.45, 2.75) is 90.8 Å². The third-order valence-corrected chi connectivity index (χ3v) is 7.49. The number of likely N-dealkylation sites (N-methyl/N-ethyl adjacent to an activating group) is 2. The van der Waals surface area contributed by atoms with Crippen molar-refractivity contribution in [1.29, 1.82) is 0 Å². The summed E-state index contributed by atoms with van der Waals surface area (Å²) < 4.78 is 5.43. The highest BCUT2D eigenvalue weighted by Gasteiger charge is 2.52. The average molecular weight is 474 g/mol. The summed E-state index contributed by atoms with van der Waals surface area (Å²) in [7, 11) is 3.81. The van der Waals surface area contributed by atoms with Gasteiger partial charge < -0.3 is 19.9 Å². The van der Waals surface area contributed by atoms with E-state index in [1.165, 1.54) is 5.57 Å². The van der Waals surface area contributed by atoms with Crippen LogP contribution in [0.3, 0.4) is 0 Å². The zero-order chi connectivity index (χ0) is 25.1. The number of carbonyl (C=O) groups is 2. The van der Waals surface area contributed by atoms with Crippen LogP contribution in [0.25, 0.3) is 5.57 Å². The Kier molecular flexibility index (Phi) is 7.80. The minimum atomic E-state index is -0.495. The number of hydrogen-bond donors (Lipinski definition) is 2. The van der Waals surface area contributed by atoms with E-state index in [0.717, 1.165) is 62.9 Å². The summed E-state index contributed by atoms with van der Waals surface area (Å²) in [5.74, 6) is 0.229. The van der Waals surface area contributed by atoms with Crippen LogP contribution >= 0.6 is 0 Å². The molecule has 1 unspecified atom stereocenters. The van der Waals surface area contributed by atoms with E-state index < -0.39 is 5.60 Å². The highest BCUT2D eigenvalue weighted by molar-refractivity contribution is 5.86. The Morgan fingerprint density at radius 3 is 2.47 bits per heavy atom. The van der Waals surface area contributed by atoms with E-state index in [0.29, 0.717) is 6.54 Å². The number of nitrogens with one attached hydrogen (secondary N) is 2. The lowest BCUT2D eigenvalue weighted by Crippen LogP contribution is -2.42. The van der Waals surface area contributed by atoms with Gasteiger partial charge in [0.1, 0.15) is 5.60 Å². The second-order valence-corrected chi connectivity index (χ2v) is 11.2. The highest BCUT2D eigenvalue weighted by atomic mass is 16.6. The predicted octanol–water partition coefficient (Wildman–Crippen LogP) is 4.34. The molecule has 1 aliphatic carbocycles. The van der Waals surface area contributed by atoms with Crippen LogP contribution in [0, 0.1) is 5.41 Å². The van der Waals surface area contributed by atoms with Gasteiger partial charge in [-0.25, -0.2) is 4.79 Å². The van der Waals surface area contributed by atoms with Crippen LogP contribution in [-0.4, -0.2) is 70.3 Å². The van der Waals surface area contributed by atoms with Crippen LogP contribution < -0.4 is 5.32 Å². The molecule has 0 saturated carbocycles. The maximum atomic E-state index is 12.8. The molecule has 1 aliphatic heterocycles. The number of H-pyrrole nitrogens is 1. The fraction of sp³-hybridized carbons (Fsp3) is 0.731. The molecule has 1 atom stereocenters. The van der Waals surface area contributed by atoms with Gasteiger partial charge in [-0.2, -0.15) is 5.10 Å². The lowest BCUT2D eigenvalue weighted by molar-refractivity contribution is -0.128. The van der Waals surface area contributed by atoms with Crippen molar-refractivity contribution in [3.05, 3.63) is 23.5 Å². The fourth-order valence-electron chi connectivity index (χ4n) is 5.19. The molecule has 3 rings (SSSR count). The number of nitrogens with zero attached hydrogens (tertiary/aromatic N) is 3. The Morgan fingerprint density at radius 1 is 1.21 bits per heavy atom. The van der Waals surface area contributed by atoms with Gasteiger partial charge in [0.25, 0.3) is 0 Å². The van der Waals surface area contributed by atoms with E-state index in [1.54, 1.807) is 11.9 Å². The Hall–Kier alpha value is -2.35. The summed E-state index contributed by atoms with van der Waals surface area (Å²) in [6.07, 6.45) is 9.38. The van der Waals surface area contributed by atoms with Crippen molar-refractivity contribution in [3.63, 3.8) is 0 Å². The molecule has 1 aromatic rings. The van der Waals surface area contributed by atoms with Crippen molar-refractivity contribution in [2.75, 3.05) is 27.2 Å². The molecule has 8 nitrogen and oxygen atoms in total. The Balaban J connectivity index is 1.58. The molecule has 0 bridgehead atoms. The third kappa shape index (κ3) is 5.82. The quantitative estimate of drug-likeness (QED) is 0.586. The number of amides is 2. The normalized spacial score (nSPS) is 22.1. The molecule has 1 aromatic heterocycles. The third-order valence-electron chi connectivity index (χ3n) is 7.49. The monoisotopic (exact) mass is 473 g/mol. The average Bonchev–Trinajstić information content (AvgIpc) is 3.33. The molecule has 1 fully saturated rings. The molecule has 2 aliphatic rings.